The molecule has 2 rings (SSSR count). The largest absolute Gasteiger partial charge is 0.449 e. The molecule has 0 aliphatic carbocycles. The number of aromatic nitrogens is 2. The Kier molecular flexibility index (Phi) is 3.09. The van der Waals surface area contributed by atoms with E-state index in [4.69, 9.17) is 0 Å². The van der Waals surface area contributed by atoms with Gasteiger partial charge in [0.05, 0.1) is 11.0 Å². The van der Waals surface area contributed by atoms with Crippen molar-refractivity contribution in [3.63, 3.8) is 0 Å². The van der Waals surface area contributed by atoms with E-state index in [0.29, 0.717) is 11.0 Å². The van der Waals surface area contributed by atoms with Gasteiger partial charge in [-0.25, -0.2) is 4.98 Å². The highest BCUT2D eigenvalue weighted by Gasteiger charge is 2.34. The zero-order valence-corrected chi connectivity index (χ0v) is 11.0. The molecule has 0 amide bonds. The van der Waals surface area contributed by atoms with Gasteiger partial charge in [0.1, 0.15) is 0 Å². The average molecular weight is 274 g/mol. The van der Waals surface area contributed by atoms with Crippen LogP contribution in [-0.2, 0) is 6.18 Å². The van der Waals surface area contributed by atoms with Crippen LogP contribution in [0.2, 0.25) is 0 Å². The van der Waals surface area contributed by atoms with E-state index in [-0.39, 0.29) is 4.75 Å². The molecular weight excluding hydrogens is 261 g/mol. The Hall–Kier alpha value is -1.17. The predicted octanol–water partition coefficient (Wildman–Crippen LogP) is 4.47. The lowest BCUT2D eigenvalue weighted by molar-refractivity contribution is -0.144. The van der Waals surface area contributed by atoms with E-state index in [1.165, 1.54) is 0 Å². The van der Waals surface area contributed by atoms with Crippen molar-refractivity contribution in [3.05, 3.63) is 24.0 Å². The minimum absolute atomic E-state index is 0.0144. The monoisotopic (exact) mass is 274 g/mol. The van der Waals surface area contributed by atoms with E-state index in [1.807, 2.05) is 0 Å². The number of thioether (sulfide) groups is 1. The third kappa shape index (κ3) is 2.98. The highest BCUT2D eigenvalue weighted by atomic mass is 32.2. The lowest BCUT2D eigenvalue weighted by Crippen LogP contribution is -2.06. The van der Waals surface area contributed by atoms with Crippen LogP contribution >= 0.6 is 11.8 Å². The summed E-state index contributed by atoms with van der Waals surface area (Å²) in [6, 6.07) is 5.10. The molecule has 0 radical (unpaired) electrons. The number of hydrogen-bond acceptors (Lipinski definition) is 2. The molecular formula is C12H13F3N2S. The summed E-state index contributed by atoms with van der Waals surface area (Å²) in [5.41, 5.74) is 0.747. The molecule has 0 saturated heterocycles. The zero-order valence-electron chi connectivity index (χ0n) is 10.2. The Morgan fingerprint density at radius 2 is 1.83 bits per heavy atom. The number of hydrogen-bond donors (Lipinski definition) is 1. The molecule has 0 aliphatic rings. The van der Waals surface area contributed by atoms with E-state index in [9.17, 15) is 13.2 Å². The van der Waals surface area contributed by atoms with Crippen LogP contribution in [0.5, 0.6) is 0 Å². The Balaban J connectivity index is 2.40. The number of imidazole rings is 1. The van der Waals surface area contributed by atoms with Crippen molar-refractivity contribution in [2.45, 2.75) is 36.6 Å². The van der Waals surface area contributed by atoms with Crippen LogP contribution in [0, 0.1) is 0 Å². The third-order valence-electron chi connectivity index (χ3n) is 2.15. The Labute approximate surface area is 107 Å². The number of aromatic amines is 1. The molecule has 1 aromatic heterocycles. The Morgan fingerprint density at radius 3 is 2.39 bits per heavy atom. The maximum absolute atomic E-state index is 12.5. The second-order valence-electron chi connectivity index (χ2n) is 4.98. The quantitative estimate of drug-likeness (QED) is 0.777. The molecule has 1 N–H and O–H groups in total. The van der Waals surface area contributed by atoms with Crippen LogP contribution in [0.25, 0.3) is 11.0 Å². The predicted molar refractivity (Wildman–Crippen MR) is 66.7 cm³/mol. The second-order valence-corrected chi connectivity index (χ2v) is 6.88. The highest BCUT2D eigenvalue weighted by Crippen LogP contribution is 2.34. The van der Waals surface area contributed by atoms with Crippen LogP contribution in [0.4, 0.5) is 13.2 Å². The van der Waals surface area contributed by atoms with Crippen molar-refractivity contribution in [2.75, 3.05) is 0 Å². The van der Waals surface area contributed by atoms with Gasteiger partial charge in [0, 0.05) is 9.64 Å². The lowest BCUT2D eigenvalue weighted by Gasteiger charge is -2.17. The molecule has 1 heterocycles. The van der Waals surface area contributed by atoms with Crippen molar-refractivity contribution in [3.8, 4) is 0 Å². The molecule has 1 aromatic carbocycles. The Morgan fingerprint density at radius 1 is 1.17 bits per heavy atom. The number of alkyl halides is 3. The summed E-state index contributed by atoms with van der Waals surface area (Å²) in [6.45, 7) is 6.15. The molecule has 0 saturated carbocycles. The normalized spacial score (nSPS) is 13.2. The van der Waals surface area contributed by atoms with Crippen LogP contribution in [0.3, 0.4) is 0 Å². The molecule has 0 spiro atoms. The number of rotatable bonds is 1. The topological polar surface area (TPSA) is 28.7 Å². The van der Waals surface area contributed by atoms with Crippen LogP contribution in [-0.4, -0.2) is 14.7 Å². The van der Waals surface area contributed by atoms with Gasteiger partial charge in [-0.3, -0.25) is 0 Å². The molecule has 98 valence electrons. The van der Waals surface area contributed by atoms with E-state index in [0.717, 1.165) is 4.90 Å². The number of fused-ring (bicyclic) bond motifs is 1. The summed E-state index contributed by atoms with van der Waals surface area (Å²) in [5.74, 6) is -0.949. The summed E-state index contributed by atoms with van der Waals surface area (Å²) >= 11 is 1.60. The number of halogens is 3. The first-order chi connectivity index (χ1) is 8.15. The zero-order chi connectivity index (χ0) is 13.6. The summed E-state index contributed by atoms with van der Waals surface area (Å²) in [4.78, 5) is 6.77. The van der Waals surface area contributed by atoms with E-state index < -0.39 is 12.0 Å². The molecule has 0 atom stereocenters. The molecule has 2 aromatic rings. The second kappa shape index (κ2) is 4.19. The smallest absolute Gasteiger partial charge is 0.334 e. The maximum atomic E-state index is 12.5. The first kappa shape index (κ1) is 13.3. The fourth-order valence-electron chi connectivity index (χ4n) is 1.54. The molecule has 0 aliphatic heterocycles. The standard InChI is InChI=1S/C12H13F3N2S/c1-11(2,3)18-7-4-5-8-9(6-7)17-10(16-8)12(13,14)15/h4-6H,1-3H3,(H,16,17). The van der Waals surface area contributed by atoms with Gasteiger partial charge in [-0.2, -0.15) is 13.2 Å². The number of nitrogens with zero attached hydrogens (tertiary/aromatic N) is 1. The Bertz CT molecular complexity index is 567. The lowest BCUT2D eigenvalue weighted by atomic mass is 10.3. The van der Waals surface area contributed by atoms with Gasteiger partial charge in [-0.05, 0) is 18.2 Å². The number of nitrogens with one attached hydrogen (secondary N) is 1. The average Bonchev–Trinajstić information content (AvgIpc) is 2.57. The van der Waals surface area contributed by atoms with Crippen molar-refractivity contribution in [2.24, 2.45) is 0 Å². The summed E-state index contributed by atoms with van der Waals surface area (Å²) in [5, 5.41) is 0. The molecule has 0 unspecified atom stereocenters. The van der Waals surface area contributed by atoms with Gasteiger partial charge in [-0.15, -0.1) is 11.8 Å². The van der Waals surface area contributed by atoms with E-state index in [1.54, 1.807) is 30.0 Å². The third-order valence-corrected chi connectivity index (χ3v) is 3.25. The molecule has 0 bridgehead atoms. The van der Waals surface area contributed by atoms with Crippen molar-refractivity contribution in [1.29, 1.82) is 0 Å². The summed E-state index contributed by atoms with van der Waals surface area (Å²) in [6.07, 6.45) is -4.43. The SMILES string of the molecule is CC(C)(C)Sc1ccc2nc(C(F)(F)F)[nH]c2c1. The van der Waals surface area contributed by atoms with Gasteiger partial charge < -0.3 is 4.98 Å². The molecule has 6 heteroatoms. The van der Waals surface area contributed by atoms with E-state index in [2.05, 4.69) is 30.7 Å². The summed E-state index contributed by atoms with van der Waals surface area (Å²) in [7, 11) is 0. The van der Waals surface area contributed by atoms with Gasteiger partial charge in [0.2, 0.25) is 5.82 Å². The van der Waals surface area contributed by atoms with Crippen molar-refractivity contribution < 1.29 is 13.2 Å². The van der Waals surface area contributed by atoms with Gasteiger partial charge in [-0.1, -0.05) is 20.8 Å². The fraction of sp³-hybridized carbons (Fsp3) is 0.417. The summed E-state index contributed by atoms with van der Waals surface area (Å²) < 4.78 is 37.5. The minimum Gasteiger partial charge on any atom is -0.334 e. The van der Waals surface area contributed by atoms with Crippen LogP contribution in [0.1, 0.15) is 26.6 Å². The van der Waals surface area contributed by atoms with Gasteiger partial charge >= 0.3 is 6.18 Å². The number of H-pyrrole nitrogens is 1. The van der Waals surface area contributed by atoms with Crippen molar-refractivity contribution in [1.82, 2.24) is 9.97 Å². The van der Waals surface area contributed by atoms with Crippen LogP contribution < -0.4 is 0 Å². The maximum Gasteiger partial charge on any atom is 0.449 e. The van der Waals surface area contributed by atoms with Crippen molar-refractivity contribution >= 4 is 22.8 Å². The fourth-order valence-corrected chi connectivity index (χ4v) is 2.56. The molecule has 18 heavy (non-hydrogen) atoms. The first-order valence-electron chi connectivity index (χ1n) is 5.41. The van der Waals surface area contributed by atoms with Gasteiger partial charge in [0.25, 0.3) is 0 Å². The highest BCUT2D eigenvalue weighted by molar-refractivity contribution is 8.00. The first-order valence-corrected chi connectivity index (χ1v) is 6.23. The number of benzene rings is 1. The molecule has 0 fully saturated rings. The van der Waals surface area contributed by atoms with E-state index >= 15 is 0 Å². The van der Waals surface area contributed by atoms with Crippen LogP contribution in [0.15, 0.2) is 23.1 Å². The molecule has 2 nitrogen and oxygen atoms in total. The van der Waals surface area contributed by atoms with Gasteiger partial charge in [0.15, 0.2) is 0 Å². The minimum atomic E-state index is -4.43.